The van der Waals surface area contributed by atoms with E-state index in [9.17, 15) is 0 Å². The second kappa shape index (κ2) is 5.55. The number of rotatable bonds is 2. The zero-order chi connectivity index (χ0) is 13.2. The fraction of sp³-hybridized carbons (Fsp3) is 0.200. The lowest BCUT2D eigenvalue weighted by atomic mass is 9.97. The number of halogens is 2. The Kier molecular flexibility index (Phi) is 3.80. The van der Waals surface area contributed by atoms with Crippen molar-refractivity contribution in [2.45, 2.75) is 18.5 Å². The molecule has 1 aliphatic heterocycles. The van der Waals surface area contributed by atoms with Crippen LogP contribution in [0.1, 0.15) is 29.6 Å². The molecule has 0 saturated carbocycles. The first kappa shape index (κ1) is 13.0. The highest BCUT2D eigenvalue weighted by Gasteiger charge is 2.24. The van der Waals surface area contributed by atoms with Crippen LogP contribution in [0.25, 0.3) is 0 Å². The molecule has 1 heterocycles. The van der Waals surface area contributed by atoms with Crippen LogP contribution >= 0.6 is 31.9 Å². The van der Waals surface area contributed by atoms with Crippen molar-refractivity contribution < 1.29 is 0 Å². The van der Waals surface area contributed by atoms with Crippen molar-refractivity contribution in [1.29, 1.82) is 0 Å². The van der Waals surface area contributed by atoms with Gasteiger partial charge in [0.15, 0.2) is 0 Å². The number of azo groups is 1. The van der Waals surface area contributed by atoms with Gasteiger partial charge in [-0.1, -0.05) is 56.1 Å². The fourth-order valence-electron chi connectivity index (χ4n) is 2.24. The number of hydrogen-bond donors (Lipinski definition) is 0. The van der Waals surface area contributed by atoms with Gasteiger partial charge in [-0.3, -0.25) is 0 Å². The third-order valence-corrected chi connectivity index (χ3v) is 4.36. The highest BCUT2D eigenvalue weighted by atomic mass is 79.9. The van der Waals surface area contributed by atoms with Gasteiger partial charge in [-0.2, -0.15) is 10.2 Å². The maximum Gasteiger partial charge on any atom is 0.0982 e. The van der Waals surface area contributed by atoms with Gasteiger partial charge < -0.3 is 0 Å². The van der Waals surface area contributed by atoms with E-state index in [4.69, 9.17) is 0 Å². The molecule has 0 amide bonds. The molecule has 4 heteroatoms. The van der Waals surface area contributed by atoms with Crippen LogP contribution in [-0.2, 0) is 0 Å². The lowest BCUT2D eigenvalue weighted by Crippen LogP contribution is -1.96. The number of benzene rings is 2. The summed E-state index contributed by atoms with van der Waals surface area (Å²) in [4.78, 5) is 0. The lowest BCUT2D eigenvalue weighted by molar-refractivity contribution is 0.659. The van der Waals surface area contributed by atoms with Crippen molar-refractivity contribution >= 4 is 31.9 Å². The van der Waals surface area contributed by atoms with Crippen molar-refractivity contribution in [3.05, 3.63) is 68.6 Å². The van der Waals surface area contributed by atoms with E-state index in [1.807, 2.05) is 0 Å². The lowest BCUT2D eigenvalue weighted by Gasteiger charge is -2.09. The molecular formula is C15H12Br2N2. The molecule has 0 bridgehead atoms. The van der Waals surface area contributed by atoms with Gasteiger partial charge in [0.2, 0.25) is 0 Å². The van der Waals surface area contributed by atoms with Crippen LogP contribution in [-0.4, -0.2) is 0 Å². The second-order valence-electron chi connectivity index (χ2n) is 4.60. The predicted octanol–water partition coefficient (Wildman–Crippen LogP) is 5.85. The summed E-state index contributed by atoms with van der Waals surface area (Å²) in [7, 11) is 0. The first-order valence-corrected chi connectivity index (χ1v) is 7.72. The van der Waals surface area contributed by atoms with Gasteiger partial charge in [0.25, 0.3) is 0 Å². The van der Waals surface area contributed by atoms with Gasteiger partial charge in [0, 0.05) is 15.4 Å². The molecule has 0 radical (unpaired) electrons. The summed E-state index contributed by atoms with van der Waals surface area (Å²) in [5.41, 5.74) is 2.46. The van der Waals surface area contributed by atoms with Crippen molar-refractivity contribution in [3.8, 4) is 0 Å². The second-order valence-corrected chi connectivity index (χ2v) is 6.43. The average molecular weight is 380 g/mol. The van der Waals surface area contributed by atoms with Crippen molar-refractivity contribution in [1.82, 2.24) is 0 Å². The van der Waals surface area contributed by atoms with Gasteiger partial charge in [-0.05, 0) is 35.4 Å². The molecule has 96 valence electrons. The van der Waals surface area contributed by atoms with Crippen molar-refractivity contribution in [3.63, 3.8) is 0 Å². The minimum absolute atomic E-state index is 0.182. The fourth-order valence-corrected chi connectivity index (χ4v) is 2.77. The summed E-state index contributed by atoms with van der Waals surface area (Å²) in [6, 6.07) is 17.0. The highest BCUT2D eigenvalue weighted by Crippen LogP contribution is 2.38. The summed E-state index contributed by atoms with van der Waals surface area (Å²) < 4.78 is 2.19. The summed E-state index contributed by atoms with van der Waals surface area (Å²) >= 11 is 6.90. The van der Waals surface area contributed by atoms with Gasteiger partial charge in [-0.15, -0.1) is 0 Å². The number of hydrogen-bond acceptors (Lipinski definition) is 2. The molecule has 2 nitrogen and oxygen atoms in total. The van der Waals surface area contributed by atoms with E-state index in [2.05, 4.69) is 90.6 Å². The first-order chi connectivity index (χ1) is 9.22. The van der Waals surface area contributed by atoms with Crippen LogP contribution in [0, 0.1) is 0 Å². The normalized spacial score (nSPS) is 21.8. The zero-order valence-electron chi connectivity index (χ0n) is 10.1. The Labute approximate surface area is 129 Å². The minimum Gasteiger partial charge on any atom is -0.185 e. The van der Waals surface area contributed by atoms with E-state index >= 15 is 0 Å². The van der Waals surface area contributed by atoms with Gasteiger partial charge >= 0.3 is 0 Å². The maximum absolute atomic E-state index is 4.41. The quantitative estimate of drug-likeness (QED) is 0.625. The van der Waals surface area contributed by atoms with Crippen molar-refractivity contribution in [2.24, 2.45) is 10.2 Å². The monoisotopic (exact) mass is 378 g/mol. The van der Waals surface area contributed by atoms with Crippen LogP contribution in [0.3, 0.4) is 0 Å². The third-order valence-electron chi connectivity index (χ3n) is 3.30. The smallest absolute Gasteiger partial charge is 0.0982 e. The zero-order valence-corrected chi connectivity index (χ0v) is 13.3. The standard InChI is InChI=1S/C15H12Br2N2/c16-12-5-1-10(2-6-12)14-9-15(19-18-14)11-3-7-13(17)8-4-11/h1-8,14-15H,9H2. The molecule has 1 aliphatic rings. The van der Waals surface area contributed by atoms with E-state index in [1.54, 1.807) is 0 Å². The van der Waals surface area contributed by atoms with E-state index in [1.165, 1.54) is 11.1 Å². The molecule has 0 saturated heterocycles. The Bertz CT molecular complexity index is 537. The molecule has 3 rings (SSSR count). The summed E-state index contributed by atoms with van der Waals surface area (Å²) in [6.07, 6.45) is 0.948. The minimum atomic E-state index is 0.182. The topological polar surface area (TPSA) is 24.7 Å². The van der Waals surface area contributed by atoms with Gasteiger partial charge in [0.05, 0.1) is 12.1 Å². The molecule has 0 spiro atoms. The number of nitrogens with zero attached hydrogens (tertiary/aromatic N) is 2. The van der Waals surface area contributed by atoms with Gasteiger partial charge in [-0.25, -0.2) is 0 Å². The Morgan fingerprint density at radius 2 is 1.05 bits per heavy atom. The molecule has 2 atom stereocenters. The summed E-state index contributed by atoms with van der Waals surface area (Å²) in [5, 5.41) is 8.83. The van der Waals surface area contributed by atoms with E-state index in [0.29, 0.717) is 0 Å². The summed E-state index contributed by atoms with van der Waals surface area (Å²) in [6.45, 7) is 0. The molecular weight excluding hydrogens is 368 g/mol. The molecule has 19 heavy (non-hydrogen) atoms. The van der Waals surface area contributed by atoms with Crippen LogP contribution in [0.4, 0.5) is 0 Å². The summed E-state index contributed by atoms with van der Waals surface area (Å²) in [5.74, 6) is 0. The Balaban J connectivity index is 1.76. The van der Waals surface area contributed by atoms with Crippen LogP contribution < -0.4 is 0 Å². The predicted molar refractivity (Wildman–Crippen MR) is 83.2 cm³/mol. The Morgan fingerprint density at radius 3 is 1.42 bits per heavy atom. The molecule has 2 unspecified atom stereocenters. The highest BCUT2D eigenvalue weighted by molar-refractivity contribution is 9.10. The van der Waals surface area contributed by atoms with Crippen LogP contribution in [0.2, 0.25) is 0 Å². The van der Waals surface area contributed by atoms with Crippen LogP contribution in [0.15, 0.2) is 67.7 Å². The van der Waals surface area contributed by atoms with Gasteiger partial charge in [0.1, 0.15) is 0 Å². The maximum atomic E-state index is 4.41. The van der Waals surface area contributed by atoms with Crippen molar-refractivity contribution in [2.75, 3.05) is 0 Å². The Morgan fingerprint density at radius 1 is 0.684 bits per heavy atom. The third kappa shape index (κ3) is 2.95. The van der Waals surface area contributed by atoms with E-state index < -0.39 is 0 Å². The van der Waals surface area contributed by atoms with E-state index in [-0.39, 0.29) is 12.1 Å². The molecule has 0 fully saturated rings. The van der Waals surface area contributed by atoms with E-state index in [0.717, 1.165) is 15.4 Å². The molecule has 2 aromatic carbocycles. The SMILES string of the molecule is Brc1ccc(C2CC(c3ccc(Br)cc3)N=N2)cc1. The van der Waals surface area contributed by atoms with Crippen LogP contribution in [0.5, 0.6) is 0 Å². The molecule has 0 aliphatic carbocycles. The molecule has 0 aromatic heterocycles. The molecule has 2 aromatic rings. The first-order valence-electron chi connectivity index (χ1n) is 6.13. The molecule has 0 N–H and O–H groups in total. The Hall–Kier alpha value is -1.00. The average Bonchev–Trinajstić information content (AvgIpc) is 2.90. The largest absolute Gasteiger partial charge is 0.185 e.